The molecule has 0 unspecified atom stereocenters. The largest absolute Gasteiger partial charge is 0.438 e. The Bertz CT molecular complexity index is 814. The van der Waals surface area contributed by atoms with E-state index in [-0.39, 0.29) is 12.6 Å². The predicted molar refractivity (Wildman–Crippen MR) is 87.7 cm³/mol. The molecule has 8 heteroatoms. The maximum absolute atomic E-state index is 11.3. The van der Waals surface area contributed by atoms with Crippen LogP contribution in [0, 0.1) is 0 Å². The van der Waals surface area contributed by atoms with Gasteiger partial charge in [-0.3, -0.25) is 14.8 Å². The zero-order chi connectivity index (χ0) is 16.2. The third-order valence-electron chi connectivity index (χ3n) is 3.36. The summed E-state index contributed by atoms with van der Waals surface area (Å²) in [5, 5.41) is 16.8. The van der Waals surface area contributed by atoms with Crippen LogP contribution in [0.4, 0.5) is 0 Å². The maximum atomic E-state index is 11.3. The lowest BCUT2D eigenvalue weighted by Gasteiger charge is -2.22. The van der Waals surface area contributed by atoms with Crippen molar-refractivity contribution in [3.05, 3.63) is 73.6 Å². The van der Waals surface area contributed by atoms with Crippen molar-refractivity contribution in [3.8, 4) is 0 Å². The Labute approximate surface area is 140 Å². The van der Waals surface area contributed by atoms with Gasteiger partial charge in [-0.1, -0.05) is 47.1 Å². The molecule has 0 aliphatic carbocycles. The number of aliphatic hydroxyl groups excluding tert-OH is 1. The third-order valence-corrected chi connectivity index (χ3v) is 4.66. The zero-order valence-electron chi connectivity index (χ0n) is 11.9. The van der Waals surface area contributed by atoms with Crippen molar-refractivity contribution in [3.63, 3.8) is 0 Å². The fraction of sp³-hybridized carbons (Fsp3) is 0.200. The molecular formula is C15H14ClN3O3S. The molecule has 23 heavy (non-hydrogen) atoms. The van der Waals surface area contributed by atoms with Gasteiger partial charge >= 0.3 is 5.76 Å². The van der Waals surface area contributed by atoms with E-state index in [0.29, 0.717) is 10.2 Å². The summed E-state index contributed by atoms with van der Waals surface area (Å²) in [7, 11) is 0. The first-order chi connectivity index (χ1) is 11.2. The van der Waals surface area contributed by atoms with Gasteiger partial charge in [-0.05, 0) is 17.7 Å². The summed E-state index contributed by atoms with van der Waals surface area (Å²) in [4.78, 5) is 14.7. The highest BCUT2D eigenvalue weighted by molar-refractivity contribution is 7.16. The van der Waals surface area contributed by atoms with Crippen molar-refractivity contribution in [2.45, 2.75) is 12.1 Å². The number of rotatable bonds is 6. The zero-order valence-corrected chi connectivity index (χ0v) is 13.5. The van der Waals surface area contributed by atoms with E-state index in [1.54, 1.807) is 6.07 Å². The highest BCUT2D eigenvalue weighted by Gasteiger charge is 2.24. The van der Waals surface area contributed by atoms with Crippen LogP contribution in [0.2, 0.25) is 4.34 Å². The second kappa shape index (κ2) is 7.10. The van der Waals surface area contributed by atoms with Crippen LogP contribution in [0.25, 0.3) is 0 Å². The highest BCUT2D eigenvalue weighted by atomic mass is 35.5. The minimum absolute atomic E-state index is 0.109. The molecule has 0 bridgehead atoms. The molecule has 3 aromatic rings. The molecule has 0 aliphatic heterocycles. The van der Waals surface area contributed by atoms with E-state index in [9.17, 15) is 9.90 Å². The van der Waals surface area contributed by atoms with Gasteiger partial charge in [0.2, 0.25) is 0 Å². The Hall–Kier alpha value is -1.93. The number of aromatic nitrogens is 2. The van der Waals surface area contributed by atoms with Gasteiger partial charge in [0.25, 0.3) is 0 Å². The lowest BCUT2D eigenvalue weighted by Crippen LogP contribution is -2.30. The van der Waals surface area contributed by atoms with E-state index in [0.717, 1.165) is 10.4 Å². The molecule has 2 aromatic heterocycles. The highest BCUT2D eigenvalue weighted by Crippen LogP contribution is 2.31. The van der Waals surface area contributed by atoms with Gasteiger partial charge in [0.05, 0.1) is 17.0 Å². The van der Waals surface area contributed by atoms with Crippen LogP contribution in [0.15, 0.2) is 51.8 Å². The van der Waals surface area contributed by atoms with Gasteiger partial charge in [-0.2, -0.15) is 0 Å². The number of thiophene rings is 1. The van der Waals surface area contributed by atoms with Gasteiger partial charge in [0, 0.05) is 4.88 Å². The molecular weight excluding hydrogens is 338 g/mol. The fourth-order valence-corrected chi connectivity index (χ4v) is 3.41. The van der Waals surface area contributed by atoms with Crippen LogP contribution in [-0.4, -0.2) is 21.9 Å². The van der Waals surface area contributed by atoms with Gasteiger partial charge in [0.1, 0.15) is 6.04 Å². The number of nitrogens with one attached hydrogen (secondary N) is 2. The summed E-state index contributed by atoms with van der Waals surface area (Å²) in [5.74, 6) is -0.294. The quantitative estimate of drug-likeness (QED) is 0.634. The molecule has 0 saturated carbocycles. The Morgan fingerprint density at radius 2 is 2.09 bits per heavy atom. The van der Waals surface area contributed by atoms with Crippen LogP contribution in [-0.2, 0) is 0 Å². The normalized spacial score (nSPS) is 13.8. The minimum atomic E-state index is -0.630. The minimum Gasteiger partial charge on any atom is -0.394 e. The van der Waals surface area contributed by atoms with Crippen molar-refractivity contribution in [2.75, 3.05) is 6.61 Å². The van der Waals surface area contributed by atoms with Crippen molar-refractivity contribution in [2.24, 2.45) is 0 Å². The Morgan fingerprint density at radius 3 is 2.65 bits per heavy atom. The molecule has 6 nitrogen and oxygen atoms in total. The number of halogens is 1. The Kier molecular flexibility index (Phi) is 4.92. The number of benzene rings is 1. The van der Waals surface area contributed by atoms with E-state index in [4.69, 9.17) is 11.6 Å². The molecule has 0 aliphatic rings. The standard InChI is InChI=1S/C15H14ClN3O3S/c16-12-7-6-11(23-12)13(14-18-15(21)22-19-14)17-10(8-20)9-4-2-1-3-5-9/h1-7,10,13,17,20H,8H2,(H,18,19,21)/t10-,13+/m0/s1. The van der Waals surface area contributed by atoms with Crippen molar-refractivity contribution in [1.82, 2.24) is 15.5 Å². The third kappa shape index (κ3) is 3.70. The van der Waals surface area contributed by atoms with E-state index < -0.39 is 11.8 Å². The molecule has 0 saturated heterocycles. The summed E-state index contributed by atoms with van der Waals surface area (Å²) < 4.78 is 5.23. The average molecular weight is 352 g/mol. The molecule has 0 spiro atoms. The van der Waals surface area contributed by atoms with Crippen LogP contribution in [0.3, 0.4) is 0 Å². The lowest BCUT2D eigenvalue weighted by molar-refractivity contribution is 0.236. The number of nitrogens with zero attached hydrogens (tertiary/aromatic N) is 1. The molecule has 3 N–H and O–H groups in total. The van der Waals surface area contributed by atoms with Gasteiger partial charge in [-0.25, -0.2) is 4.79 Å². The monoisotopic (exact) mass is 351 g/mol. The van der Waals surface area contributed by atoms with Crippen LogP contribution in [0.5, 0.6) is 0 Å². The molecule has 2 heterocycles. The van der Waals surface area contributed by atoms with Crippen LogP contribution >= 0.6 is 22.9 Å². The fourth-order valence-electron chi connectivity index (χ4n) is 2.29. The number of aromatic amines is 1. The second-order valence-corrected chi connectivity index (χ2v) is 6.61. The first-order valence-electron chi connectivity index (χ1n) is 6.90. The summed E-state index contributed by atoms with van der Waals surface area (Å²) in [6.07, 6.45) is 0. The smallest absolute Gasteiger partial charge is 0.394 e. The lowest BCUT2D eigenvalue weighted by atomic mass is 10.1. The van der Waals surface area contributed by atoms with Crippen molar-refractivity contribution >= 4 is 22.9 Å². The van der Waals surface area contributed by atoms with E-state index >= 15 is 0 Å². The molecule has 2 atom stereocenters. The van der Waals surface area contributed by atoms with E-state index in [1.807, 2.05) is 36.4 Å². The number of hydrogen-bond acceptors (Lipinski definition) is 6. The summed E-state index contributed by atoms with van der Waals surface area (Å²) in [6, 6.07) is 12.4. The van der Waals surface area contributed by atoms with Crippen LogP contribution < -0.4 is 11.1 Å². The average Bonchev–Trinajstić information content (AvgIpc) is 3.18. The molecule has 0 fully saturated rings. The topological polar surface area (TPSA) is 91.2 Å². The predicted octanol–water partition coefficient (Wildman–Crippen LogP) is 2.49. The van der Waals surface area contributed by atoms with Crippen LogP contribution in [0.1, 0.15) is 28.3 Å². The molecule has 0 radical (unpaired) electrons. The number of H-pyrrole nitrogens is 1. The molecule has 3 rings (SSSR count). The first kappa shape index (κ1) is 15.9. The first-order valence-corrected chi connectivity index (χ1v) is 8.10. The van der Waals surface area contributed by atoms with E-state index in [2.05, 4.69) is 20.0 Å². The second-order valence-electron chi connectivity index (χ2n) is 4.87. The maximum Gasteiger partial charge on any atom is 0.438 e. The number of hydrogen-bond donors (Lipinski definition) is 3. The Morgan fingerprint density at radius 1 is 1.30 bits per heavy atom. The van der Waals surface area contributed by atoms with E-state index in [1.165, 1.54) is 11.3 Å². The van der Waals surface area contributed by atoms with Gasteiger partial charge < -0.3 is 5.11 Å². The van der Waals surface area contributed by atoms with Gasteiger partial charge in [-0.15, -0.1) is 11.3 Å². The molecule has 0 amide bonds. The molecule has 120 valence electrons. The van der Waals surface area contributed by atoms with Crippen molar-refractivity contribution in [1.29, 1.82) is 0 Å². The Balaban J connectivity index is 1.93. The summed E-state index contributed by atoms with van der Waals surface area (Å²) in [5.41, 5.74) is 0.925. The van der Waals surface area contributed by atoms with Crippen molar-refractivity contribution < 1.29 is 9.63 Å². The number of aliphatic hydroxyl groups is 1. The summed E-state index contributed by atoms with van der Waals surface area (Å²) >= 11 is 7.38. The molecule has 1 aromatic carbocycles. The summed E-state index contributed by atoms with van der Waals surface area (Å²) in [6.45, 7) is -0.109. The van der Waals surface area contributed by atoms with Gasteiger partial charge in [0.15, 0.2) is 5.82 Å². The SMILES string of the molecule is O=c1[nH]c([C@H](N[C@@H](CO)c2ccccc2)c2ccc(Cl)s2)no1.